The number of carbonyl (C=O) groups excluding carboxylic acids is 1. The number of alkyl halides is 1. The number of rotatable bonds is 4. The first-order valence-electron chi connectivity index (χ1n) is 5.90. The third-order valence-corrected chi connectivity index (χ3v) is 4.05. The molecule has 1 rings (SSSR count). The second kappa shape index (κ2) is 7.30. The topological polar surface area (TPSA) is 41.1 Å². The highest BCUT2D eigenvalue weighted by atomic mass is 127. The SMILES string of the molecule is CCCCNC(=O)N[C@H]1CC[C@H](I)CC1. The van der Waals surface area contributed by atoms with Gasteiger partial charge >= 0.3 is 6.03 Å². The molecule has 0 atom stereocenters. The Kier molecular flexibility index (Phi) is 6.36. The summed E-state index contributed by atoms with van der Waals surface area (Å²) >= 11 is 2.50. The smallest absolute Gasteiger partial charge is 0.315 e. The van der Waals surface area contributed by atoms with Gasteiger partial charge in [-0.3, -0.25) is 0 Å². The van der Waals surface area contributed by atoms with Crippen LogP contribution in [0.3, 0.4) is 0 Å². The lowest BCUT2D eigenvalue weighted by atomic mass is 9.96. The summed E-state index contributed by atoms with van der Waals surface area (Å²) in [5.74, 6) is 0. The van der Waals surface area contributed by atoms with E-state index in [0.717, 1.165) is 36.2 Å². The Morgan fingerprint density at radius 1 is 1.33 bits per heavy atom. The van der Waals surface area contributed by atoms with Crippen molar-refractivity contribution in [1.82, 2.24) is 10.6 Å². The zero-order valence-electron chi connectivity index (χ0n) is 9.39. The van der Waals surface area contributed by atoms with Crippen molar-refractivity contribution in [3.8, 4) is 0 Å². The Hall–Kier alpha value is 0. The molecule has 0 spiro atoms. The molecular weight excluding hydrogens is 303 g/mol. The number of nitrogens with one attached hydrogen (secondary N) is 2. The number of carbonyl (C=O) groups is 1. The average molecular weight is 324 g/mol. The van der Waals surface area contributed by atoms with E-state index in [9.17, 15) is 4.79 Å². The minimum atomic E-state index is 0.0142. The molecule has 0 aromatic carbocycles. The van der Waals surface area contributed by atoms with Crippen molar-refractivity contribution >= 4 is 28.6 Å². The number of amides is 2. The average Bonchev–Trinajstić information content (AvgIpc) is 2.22. The maximum absolute atomic E-state index is 11.4. The Labute approximate surface area is 106 Å². The normalized spacial score (nSPS) is 26.0. The van der Waals surface area contributed by atoms with Crippen molar-refractivity contribution in [2.24, 2.45) is 0 Å². The predicted octanol–water partition coefficient (Wildman–Crippen LogP) is 2.83. The molecule has 0 aliphatic heterocycles. The monoisotopic (exact) mass is 324 g/mol. The largest absolute Gasteiger partial charge is 0.338 e. The molecule has 1 fully saturated rings. The number of hydrogen-bond donors (Lipinski definition) is 2. The van der Waals surface area contributed by atoms with E-state index in [-0.39, 0.29) is 6.03 Å². The van der Waals surface area contributed by atoms with Crippen LogP contribution in [0.2, 0.25) is 0 Å². The summed E-state index contributed by atoms with van der Waals surface area (Å²) in [6.45, 7) is 2.92. The second-order valence-electron chi connectivity index (χ2n) is 4.20. The molecule has 2 amide bonds. The van der Waals surface area contributed by atoms with Gasteiger partial charge in [0.25, 0.3) is 0 Å². The third-order valence-electron chi connectivity index (χ3n) is 2.81. The zero-order valence-corrected chi connectivity index (χ0v) is 11.5. The van der Waals surface area contributed by atoms with Crippen LogP contribution in [0.4, 0.5) is 4.79 Å². The first-order valence-corrected chi connectivity index (χ1v) is 7.15. The Bertz CT molecular complexity index is 191. The van der Waals surface area contributed by atoms with E-state index in [2.05, 4.69) is 40.1 Å². The molecular formula is C11H21IN2O. The standard InChI is InChI=1S/C11H21IN2O/c1-2-3-8-13-11(15)14-10-6-4-9(12)5-7-10/h9-10H,2-8H2,1H3,(H2,13,14,15)/t9-,10-. The van der Waals surface area contributed by atoms with E-state index >= 15 is 0 Å². The molecule has 4 heteroatoms. The molecule has 0 unspecified atom stereocenters. The van der Waals surface area contributed by atoms with Gasteiger partial charge in [-0.25, -0.2) is 4.79 Å². The van der Waals surface area contributed by atoms with Gasteiger partial charge in [0.15, 0.2) is 0 Å². The van der Waals surface area contributed by atoms with Crippen molar-refractivity contribution in [1.29, 1.82) is 0 Å². The number of halogens is 1. The highest BCUT2D eigenvalue weighted by Gasteiger charge is 2.20. The van der Waals surface area contributed by atoms with Crippen LogP contribution >= 0.6 is 22.6 Å². The summed E-state index contributed by atoms with van der Waals surface area (Å²) < 4.78 is 0.809. The predicted molar refractivity (Wildman–Crippen MR) is 71.5 cm³/mol. The molecule has 1 aliphatic carbocycles. The molecule has 15 heavy (non-hydrogen) atoms. The van der Waals surface area contributed by atoms with Gasteiger partial charge in [0.1, 0.15) is 0 Å². The van der Waals surface area contributed by atoms with E-state index < -0.39 is 0 Å². The molecule has 0 saturated heterocycles. The van der Waals surface area contributed by atoms with E-state index in [0.29, 0.717) is 6.04 Å². The number of hydrogen-bond acceptors (Lipinski definition) is 1. The van der Waals surface area contributed by atoms with Crippen LogP contribution in [0.15, 0.2) is 0 Å². The van der Waals surface area contributed by atoms with Gasteiger partial charge in [-0.1, -0.05) is 35.9 Å². The molecule has 0 aromatic heterocycles. The number of unbranched alkanes of at least 4 members (excludes halogenated alkanes) is 1. The highest BCUT2D eigenvalue weighted by Crippen LogP contribution is 2.24. The molecule has 0 aromatic rings. The first kappa shape index (κ1) is 13.1. The summed E-state index contributed by atoms with van der Waals surface area (Å²) in [4.78, 5) is 11.4. The van der Waals surface area contributed by atoms with Crippen molar-refractivity contribution in [3.63, 3.8) is 0 Å². The molecule has 0 radical (unpaired) electrons. The van der Waals surface area contributed by atoms with Crippen molar-refractivity contribution in [2.75, 3.05) is 6.54 Å². The quantitative estimate of drug-likeness (QED) is 0.466. The Morgan fingerprint density at radius 2 is 2.00 bits per heavy atom. The van der Waals surface area contributed by atoms with E-state index in [4.69, 9.17) is 0 Å². The number of urea groups is 1. The third kappa shape index (κ3) is 5.58. The van der Waals surface area contributed by atoms with Gasteiger partial charge in [0.05, 0.1) is 0 Å². The van der Waals surface area contributed by atoms with E-state index in [1.54, 1.807) is 0 Å². The molecule has 3 nitrogen and oxygen atoms in total. The summed E-state index contributed by atoms with van der Waals surface area (Å²) in [7, 11) is 0. The van der Waals surface area contributed by atoms with Gasteiger partial charge < -0.3 is 10.6 Å². The molecule has 1 aliphatic rings. The van der Waals surface area contributed by atoms with Crippen LogP contribution in [0.5, 0.6) is 0 Å². The molecule has 1 saturated carbocycles. The van der Waals surface area contributed by atoms with E-state index in [1.807, 2.05) is 0 Å². The van der Waals surface area contributed by atoms with Crippen LogP contribution in [-0.4, -0.2) is 22.5 Å². The minimum absolute atomic E-state index is 0.0142. The first-order chi connectivity index (χ1) is 7.22. The zero-order chi connectivity index (χ0) is 11.1. The Morgan fingerprint density at radius 3 is 2.60 bits per heavy atom. The van der Waals surface area contributed by atoms with E-state index in [1.165, 1.54) is 12.8 Å². The van der Waals surface area contributed by atoms with Gasteiger partial charge in [0, 0.05) is 16.5 Å². The maximum atomic E-state index is 11.4. The van der Waals surface area contributed by atoms with Crippen molar-refractivity contribution < 1.29 is 4.79 Å². The molecule has 0 heterocycles. The fourth-order valence-corrected chi connectivity index (χ4v) is 2.53. The molecule has 0 bridgehead atoms. The van der Waals surface area contributed by atoms with Gasteiger partial charge in [-0.05, 0) is 32.1 Å². The van der Waals surface area contributed by atoms with Crippen LogP contribution < -0.4 is 10.6 Å². The van der Waals surface area contributed by atoms with Crippen LogP contribution in [-0.2, 0) is 0 Å². The van der Waals surface area contributed by atoms with Gasteiger partial charge in [-0.15, -0.1) is 0 Å². The van der Waals surface area contributed by atoms with Crippen LogP contribution in [0.25, 0.3) is 0 Å². The minimum Gasteiger partial charge on any atom is -0.338 e. The Balaban J connectivity index is 2.09. The van der Waals surface area contributed by atoms with Gasteiger partial charge in [-0.2, -0.15) is 0 Å². The van der Waals surface area contributed by atoms with Crippen molar-refractivity contribution in [2.45, 2.75) is 55.4 Å². The lowest BCUT2D eigenvalue weighted by Crippen LogP contribution is -2.43. The summed E-state index contributed by atoms with van der Waals surface area (Å²) in [6.07, 6.45) is 6.93. The summed E-state index contributed by atoms with van der Waals surface area (Å²) in [5.41, 5.74) is 0. The van der Waals surface area contributed by atoms with Gasteiger partial charge in [0.2, 0.25) is 0 Å². The van der Waals surface area contributed by atoms with Crippen LogP contribution in [0.1, 0.15) is 45.4 Å². The fourth-order valence-electron chi connectivity index (χ4n) is 1.81. The van der Waals surface area contributed by atoms with Crippen molar-refractivity contribution in [3.05, 3.63) is 0 Å². The lowest BCUT2D eigenvalue weighted by molar-refractivity contribution is 0.233. The lowest BCUT2D eigenvalue weighted by Gasteiger charge is -2.26. The van der Waals surface area contributed by atoms with Crippen LogP contribution in [0, 0.1) is 0 Å². The summed E-state index contributed by atoms with van der Waals surface area (Å²) in [5, 5.41) is 5.94. The molecule has 88 valence electrons. The maximum Gasteiger partial charge on any atom is 0.315 e. The fraction of sp³-hybridized carbons (Fsp3) is 0.909. The summed E-state index contributed by atoms with van der Waals surface area (Å²) in [6, 6.07) is 0.415. The molecule has 2 N–H and O–H groups in total. The second-order valence-corrected chi connectivity index (χ2v) is 5.96. The highest BCUT2D eigenvalue weighted by molar-refractivity contribution is 14.1.